The number of rotatable bonds is 7. The first kappa shape index (κ1) is 15.9. The molecule has 1 N–H and O–H groups in total. The molecule has 0 spiro atoms. The average molecular weight is 353 g/mol. The molecule has 1 atom stereocenters. The van der Waals surface area contributed by atoms with Crippen LogP contribution in [0, 0.1) is 0 Å². The smallest absolute Gasteiger partial charge is 0.161 e. The molecule has 1 unspecified atom stereocenters. The second-order valence-electron chi connectivity index (χ2n) is 4.81. The van der Waals surface area contributed by atoms with Crippen molar-refractivity contribution < 1.29 is 9.47 Å². The fourth-order valence-corrected chi connectivity index (χ4v) is 2.42. The number of nitrogens with one attached hydrogen (secondary N) is 1. The largest absolute Gasteiger partial charge is 0.493 e. The first-order chi connectivity index (χ1) is 10.2. The SMILES string of the molecule is CCC(Br)CCNc1nccc2cc(OC)c(OC)cc12. The van der Waals surface area contributed by atoms with Gasteiger partial charge in [-0.15, -0.1) is 0 Å². The minimum Gasteiger partial charge on any atom is -0.493 e. The van der Waals surface area contributed by atoms with Crippen LogP contribution in [0.1, 0.15) is 19.8 Å². The topological polar surface area (TPSA) is 43.4 Å². The molecular formula is C16H21BrN2O2. The zero-order valence-corrected chi connectivity index (χ0v) is 14.2. The Kier molecular flexibility index (Phi) is 5.67. The Balaban J connectivity index is 2.27. The molecule has 1 heterocycles. The maximum Gasteiger partial charge on any atom is 0.161 e. The molecule has 4 nitrogen and oxygen atoms in total. The van der Waals surface area contributed by atoms with Gasteiger partial charge in [-0.25, -0.2) is 4.98 Å². The number of hydrogen-bond acceptors (Lipinski definition) is 4. The Morgan fingerprint density at radius 3 is 2.62 bits per heavy atom. The Hall–Kier alpha value is -1.49. The molecule has 0 radical (unpaired) electrons. The number of alkyl halides is 1. The number of hydrogen-bond donors (Lipinski definition) is 1. The average Bonchev–Trinajstić information content (AvgIpc) is 2.53. The summed E-state index contributed by atoms with van der Waals surface area (Å²) in [4.78, 5) is 4.97. The molecule has 0 fully saturated rings. The highest BCUT2D eigenvalue weighted by Crippen LogP contribution is 2.34. The molecule has 0 aliphatic carbocycles. The van der Waals surface area contributed by atoms with Crippen molar-refractivity contribution in [2.75, 3.05) is 26.1 Å². The van der Waals surface area contributed by atoms with Gasteiger partial charge in [-0.1, -0.05) is 22.9 Å². The lowest BCUT2D eigenvalue weighted by molar-refractivity contribution is 0.356. The molecule has 0 saturated carbocycles. The summed E-state index contributed by atoms with van der Waals surface area (Å²) < 4.78 is 10.7. The normalized spacial score (nSPS) is 12.2. The molecule has 5 heteroatoms. The lowest BCUT2D eigenvalue weighted by atomic mass is 10.1. The number of aromatic nitrogens is 1. The lowest BCUT2D eigenvalue weighted by Gasteiger charge is -2.13. The third-order valence-corrected chi connectivity index (χ3v) is 4.57. The van der Waals surface area contributed by atoms with Crippen LogP contribution in [0.25, 0.3) is 10.8 Å². The van der Waals surface area contributed by atoms with E-state index in [-0.39, 0.29) is 0 Å². The van der Waals surface area contributed by atoms with Crippen LogP contribution in [0.2, 0.25) is 0 Å². The lowest BCUT2D eigenvalue weighted by Crippen LogP contribution is -2.09. The van der Waals surface area contributed by atoms with Crippen molar-refractivity contribution in [2.45, 2.75) is 24.6 Å². The summed E-state index contributed by atoms with van der Waals surface area (Å²) in [5.74, 6) is 2.32. The highest BCUT2D eigenvalue weighted by atomic mass is 79.9. The van der Waals surface area contributed by atoms with Crippen molar-refractivity contribution in [3.63, 3.8) is 0 Å². The van der Waals surface area contributed by atoms with E-state index in [0.29, 0.717) is 10.6 Å². The van der Waals surface area contributed by atoms with Crippen LogP contribution in [0.4, 0.5) is 5.82 Å². The number of halogens is 1. The molecule has 114 valence electrons. The van der Waals surface area contributed by atoms with Gasteiger partial charge in [0.2, 0.25) is 0 Å². The third-order valence-electron chi connectivity index (χ3n) is 3.46. The summed E-state index contributed by atoms with van der Waals surface area (Å²) in [6, 6.07) is 5.91. The van der Waals surface area contributed by atoms with E-state index in [9.17, 15) is 0 Å². The zero-order chi connectivity index (χ0) is 15.2. The Bertz CT molecular complexity index is 604. The van der Waals surface area contributed by atoms with Gasteiger partial charge in [0, 0.05) is 23.0 Å². The van der Waals surface area contributed by atoms with Gasteiger partial charge in [0.15, 0.2) is 11.5 Å². The fourth-order valence-electron chi connectivity index (χ4n) is 2.19. The van der Waals surface area contributed by atoms with Gasteiger partial charge in [-0.3, -0.25) is 0 Å². The summed E-state index contributed by atoms with van der Waals surface area (Å²) in [5, 5.41) is 5.52. The highest BCUT2D eigenvalue weighted by Gasteiger charge is 2.10. The zero-order valence-electron chi connectivity index (χ0n) is 12.6. The molecule has 2 aromatic rings. The molecule has 2 rings (SSSR count). The van der Waals surface area contributed by atoms with Crippen molar-refractivity contribution in [3.8, 4) is 11.5 Å². The van der Waals surface area contributed by atoms with Crippen LogP contribution >= 0.6 is 15.9 Å². The molecule has 0 aliphatic heterocycles. The number of nitrogens with zero attached hydrogens (tertiary/aromatic N) is 1. The summed E-state index contributed by atoms with van der Waals surface area (Å²) in [6.07, 6.45) is 3.99. The van der Waals surface area contributed by atoms with Crippen LogP contribution in [0.3, 0.4) is 0 Å². The van der Waals surface area contributed by atoms with E-state index in [4.69, 9.17) is 9.47 Å². The molecule has 0 aliphatic rings. The number of fused-ring (bicyclic) bond motifs is 1. The Morgan fingerprint density at radius 1 is 1.24 bits per heavy atom. The quantitative estimate of drug-likeness (QED) is 0.757. The van der Waals surface area contributed by atoms with Gasteiger partial charge in [-0.2, -0.15) is 0 Å². The summed E-state index contributed by atoms with van der Waals surface area (Å²) in [7, 11) is 3.29. The van der Waals surface area contributed by atoms with Crippen molar-refractivity contribution in [1.82, 2.24) is 4.98 Å². The van der Waals surface area contributed by atoms with E-state index in [1.165, 1.54) is 0 Å². The molecule has 0 saturated heterocycles. The third kappa shape index (κ3) is 3.79. The van der Waals surface area contributed by atoms with Crippen molar-refractivity contribution in [3.05, 3.63) is 24.4 Å². The number of ether oxygens (including phenoxy) is 2. The molecular weight excluding hydrogens is 332 g/mol. The van der Waals surface area contributed by atoms with Gasteiger partial charge in [-0.05, 0) is 36.4 Å². The fraction of sp³-hybridized carbons (Fsp3) is 0.438. The van der Waals surface area contributed by atoms with E-state index in [0.717, 1.165) is 41.7 Å². The van der Waals surface area contributed by atoms with Crippen LogP contribution in [0.15, 0.2) is 24.4 Å². The van der Waals surface area contributed by atoms with E-state index >= 15 is 0 Å². The minimum atomic E-state index is 0.537. The molecule has 21 heavy (non-hydrogen) atoms. The van der Waals surface area contributed by atoms with Crippen LogP contribution in [0.5, 0.6) is 11.5 Å². The number of methoxy groups -OCH3 is 2. The second-order valence-corrected chi connectivity index (χ2v) is 6.10. The van der Waals surface area contributed by atoms with Crippen LogP contribution in [-0.2, 0) is 0 Å². The summed E-state index contributed by atoms with van der Waals surface area (Å²) in [6.45, 7) is 3.05. The van der Waals surface area contributed by atoms with E-state index in [1.54, 1.807) is 14.2 Å². The van der Waals surface area contributed by atoms with Crippen molar-refractivity contribution in [2.24, 2.45) is 0 Å². The van der Waals surface area contributed by atoms with Gasteiger partial charge in [0.1, 0.15) is 5.82 Å². The predicted molar refractivity (Wildman–Crippen MR) is 91.0 cm³/mol. The standard InChI is InChI=1S/C16H21BrN2O2/c1-4-12(17)6-8-19-16-13-10-15(21-3)14(20-2)9-11(13)5-7-18-16/h5,7,9-10,12H,4,6,8H2,1-3H3,(H,18,19). The van der Waals surface area contributed by atoms with E-state index in [2.05, 4.69) is 33.2 Å². The maximum absolute atomic E-state index is 5.37. The second kappa shape index (κ2) is 7.50. The van der Waals surface area contributed by atoms with Gasteiger partial charge < -0.3 is 14.8 Å². The summed E-state index contributed by atoms with van der Waals surface area (Å²) in [5.41, 5.74) is 0. The van der Waals surface area contributed by atoms with Gasteiger partial charge in [0.25, 0.3) is 0 Å². The van der Waals surface area contributed by atoms with Crippen molar-refractivity contribution >= 4 is 32.5 Å². The summed E-state index contributed by atoms with van der Waals surface area (Å²) >= 11 is 3.64. The van der Waals surface area contributed by atoms with Gasteiger partial charge >= 0.3 is 0 Å². The van der Waals surface area contributed by atoms with Crippen LogP contribution < -0.4 is 14.8 Å². The first-order valence-corrected chi connectivity index (χ1v) is 7.99. The Labute approximate surface area is 134 Å². The maximum atomic E-state index is 5.37. The van der Waals surface area contributed by atoms with Crippen molar-refractivity contribution in [1.29, 1.82) is 0 Å². The predicted octanol–water partition coefficient (Wildman–Crippen LogP) is 4.23. The molecule has 1 aromatic carbocycles. The monoisotopic (exact) mass is 352 g/mol. The molecule has 0 bridgehead atoms. The number of anilines is 1. The van der Waals surface area contributed by atoms with E-state index < -0.39 is 0 Å². The molecule has 1 aromatic heterocycles. The number of pyridine rings is 1. The minimum absolute atomic E-state index is 0.537. The highest BCUT2D eigenvalue weighted by molar-refractivity contribution is 9.09. The first-order valence-electron chi connectivity index (χ1n) is 7.08. The number of benzene rings is 1. The Morgan fingerprint density at radius 2 is 1.95 bits per heavy atom. The van der Waals surface area contributed by atoms with Gasteiger partial charge in [0.05, 0.1) is 14.2 Å². The molecule has 0 amide bonds. The van der Waals surface area contributed by atoms with Crippen LogP contribution in [-0.4, -0.2) is 30.6 Å². The van der Waals surface area contributed by atoms with E-state index in [1.807, 2.05) is 24.4 Å².